The lowest BCUT2D eigenvalue weighted by atomic mass is 10.1. The van der Waals surface area contributed by atoms with Crippen LogP contribution in [0.2, 0.25) is 0 Å². The smallest absolute Gasteiger partial charge is 0.133 e. The van der Waals surface area contributed by atoms with Crippen LogP contribution in [-0.2, 0) is 13.0 Å². The van der Waals surface area contributed by atoms with Gasteiger partial charge in [0.15, 0.2) is 0 Å². The Morgan fingerprint density at radius 3 is 2.86 bits per heavy atom. The van der Waals surface area contributed by atoms with Crippen molar-refractivity contribution in [2.75, 3.05) is 11.4 Å². The molecule has 1 unspecified atom stereocenters. The molecular weight excluding hydrogens is 258 g/mol. The molecule has 21 heavy (non-hydrogen) atoms. The van der Waals surface area contributed by atoms with Crippen LogP contribution >= 0.6 is 0 Å². The van der Waals surface area contributed by atoms with E-state index in [4.69, 9.17) is 0 Å². The van der Waals surface area contributed by atoms with E-state index in [0.717, 1.165) is 31.7 Å². The zero-order valence-corrected chi connectivity index (χ0v) is 12.8. The Hall–Kier alpha value is -1.87. The average molecular weight is 281 g/mol. The Morgan fingerprint density at radius 1 is 1.24 bits per heavy atom. The second-order valence-corrected chi connectivity index (χ2v) is 5.75. The van der Waals surface area contributed by atoms with Crippen LogP contribution in [0.15, 0.2) is 42.6 Å². The lowest BCUT2D eigenvalue weighted by molar-refractivity contribution is 0.673. The van der Waals surface area contributed by atoms with E-state index in [2.05, 4.69) is 65.4 Å². The first kappa shape index (κ1) is 14.1. The minimum absolute atomic E-state index is 0.471. The first-order valence-electron chi connectivity index (χ1n) is 7.82. The Balaban J connectivity index is 1.78. The summed E-state index contributed by atoms with van der Waals surface area (Å²) in [5, 5.41) is 3.41. The number of hydrogen-bond acceptors (Lipinski definition) is 3. The Morgan fingerprint density at radius 2 is 2.10 bits per heavy atom. The van der Waals surface area contributed by atoms with Gasteiger partial charge in [-0.2, -0.15) is 0 Å². The van der Waals surface area contributed by atoms with E-state index < -0.39 is 0 Å². The number of aromatic nitrogens is 1. The normalized spacial score (nSPS) is 17.0. The first-order chi connectivity index (χ1) is 10.3. The predicted molar refractivity (Wildman–Crippen MR) is 88.0 cm³/mol. The molecule has 0 radical (unpaired) electrons. The molecule has 2 aromatic rings. The molecule has 1 atom stereocenters. The number of nitrogens with one attached hydrogen (secondary N) is 1. The fourth-order valence-corrected chi connectivity index (χ4v) is 2.99. The van der Waals surface area contributed by atoms with Gasteiger partial charge in [-0.05, 0) is 49.6 Å². The molecule has 0 amide bonds. The summed E-state index contributed by atoms with van der Waals surface area (Å²) in [6.07, 6.45) is 4.25. The van der Waals surface area contributed by atoms with Gasteiger partial charge in [-0.25, -0.2) is 4.98 Å². The number of fused-ring (bicyclic) bond motifs is 1. The predicted octanol–water partition coefficient (Wildman–Crippen LogP) is 3.66. The van der Waals surface area contributed by atoms with E-state index in [1.807, 2.05) is 6.20 Å². The van der Waals surface area contributed by atoms with Crippen molar-refractivity contribution in [1.82, 2.24) is 10.3 Å². The highest BCUT2D eigenvalue weighted by atomic mass is 15.2. The zero-order valence-electron chi connectivity index (χ0n) is 12.8. The van der Waals surface area contributed by atoms with Gasteiger partial charge in [-0.15, -0.1) is 0 Å². The standard InChI is InChI=1S/C18H23N3/c1-3-10-19-12-15-8-9-18(20-13-15)21-14(2)11-16-6-4-5-7-17(16)21/h4-9,13-14,19H,3,10-12H2,1-2H3. The summed E-state index contributed by atoms with van der Waals surface area (Å²) in [6.45, 7) is 6.39. The average Bonchev–Trinajstić information content (AvgIpc) is 2.84. The van der Waals surface area contributed by atoms with Gasteiger partial charge in [0.1, 0.15) is 5.82 Å². The summed E-state index contributed by atoms with van der Waals surface area (Å²) in [5.74, 6) is 1.05. The molecule has 0 spiro atoms. The molecule has 0 aliphatic carbocycles. The third-order valence-electron chi connectivity index (χ3n) is 4.02. The van der Waals surface area contributed by atoms with Gasteiger partial charge >= 0.3 is 0 Å². The van der Waals surface area contributed by atoms with Gasteiger partial charge < -0.3 is 10.2 Å². The molecule has 1 aromatic heterocycles. The number of anilines is 2. The summed E-state index contributed by atoms with van der Waals surface area (Å²) >= 11 is 0. The minimum atomic E-state index is 0.471. The SMILES string of the molecule is CCCNCc1ccc(N2c3ccccc3CC2C)nc1. The van der Waals surface area contributed by atoms with E-state index in [-0.39, 0.29) is 0 Å². The van der Waals surface area contributed by atoms with Gasteiger partial charge in [0.25, 0.3) is 0 Å². The van der Waals surface area contributed by atoms with E-state index >= 15 is 0 Å². The first-order valence-corrected chi connectivity index (χ1v) is 7.82. The Kier molecular flexibility index (Phi) is 4.20. The van der Waals surface area contributed by atoms with Gasteiger partial charge in [0, 0.05) is 24.5 Å². The minimum Gasteiger partial charge on any atom is -0.323 e. The largest absolute Gasteiger partial charge is 0.323 e. The molecule has 0 fully saturated rings. The molecule has 1 aliphatic heterocycles. The molecule has 110 valence electrons. The molecule has 0 saturated heterocycles. The number of rotatable bonds is 5. The van der Waals surface area contributed by atoms with Crippen LogP contribution in [0.4, 0.5) is 11.5 Å². The fourth-order valence-electron chi connectivity index (χ4n) is 2.99. The molecule has 3 heteroatoms. The highest BCUT2D eigenvalue weighted by Crippen LogP contribution is 2.36. The monoisotopic (exact) mass is 281 g/mol. The van der Waals surface area contributed by atoms with Crippen molar-refractivity contribution in [3.63, 3.8) is 0 Å². The summed E-state index contributed by atoms with van der Waals surface area (Å²) in [5.41, 5.74) is 3.96. The van der Waals surface area contributed by atoms with Crippen molar-refractivity contribution in [3.8, 4) is 0 Å². The summed E-state index contributed by atoms with van der Waals surface area (Å²) < 4.78 is 0. The van der Waals surface area contributed by atoms with Crippen molar-refractivity contribution in [2.45, 2.75) is 39.3 Å². The molecule has 1 N–H and O–H groups in total. The van der Waals surface area contributed by atoms with Crippen LogP contribution in [0, 0.1) is 0 Å². The van der Waals surface area contributed by atoms with Crippen molar-refractivity contribution in [2.24, 2.45) is 0 Å². The third kappa shape index (κ3) is 2.93. The van der Waals surface area contributed by atoms with Gasteiger partial charge in [0.05, 0.1) is 0 Å². The van der Waals surface area contributed by atoms with Crippen molar-refractivity contribution in [1.29, 1.82) is 0 Å². The molecule has 3 nitrogen and oxygen atoms in total. The number of pyridine rings is 1. The van der Waals surface area contributed by atoms with E-state index in [9.17, 15) is 0 Å². The maximum atomic E-state index is 4.67. The van der Waals surface area contributed by atoms with E-state index in [1.165, 1.54) is 16.8 Å². The Bertz CT molecular complexity index is 592. The van der Waals surface area contributed by atoms with E-state index in [1.54, 1.807) is 0 Å². The lowest BCUT2D eigenvalue weighted by Crippen LogP contribution is -2.24. The molecule has 0 saturated carbocycles. The van der Waals surface area contributed by atoms with Crippen molar-refractivity contribution < 1.29 is 0 Å². The summed E-state index contributed by atoms with van der Waals surface area (Å²) in [7, 11) is 0. The van der Waals surface area contributed by atoms with Gasteiger partial charge in [-0.1, -0.05) is 31.2 Å². The number of para-hydroxylation sites is 1. The molecular formula is C18H23N3. The zero-order chi connectivity index (χ0) is 14.7. The quantitative estimate of drug-likeness (QED) is 0.848. The fraction of sp³-hybridized carbons (Fsp3) is 0.389. The van der Waals surface area contributed by atoms with Crippen molar-refractivity contribution >= 4 is 11.5 Å². The molecule has 3 rings (SSSR count). The maximum absolute atomic E-state index is 4.67. The van der Waals surface area contributed by atoms with Crippen LogP contribution in [0.1, 0.15) is 31.4 Å². The van der Waals surface area contributed by atoms with E-state index in [0.29, 0.717) is 6.04 Å². The molecule has 2 heterocycles. The number of benzene rings is 1. The lowest BCUT2D eigenvalue weighted by Gasteiger charge is -2.24. The van der Waals surface area contributed by atoms with Gasteiger partial charge in [0.2, 0.25) is 0 Å². The molecule has 1 aliphatic rings. The van der Waals surface area contributed by atoms with Crippen molar-refractivity contribution in [3.05, 3.63) is 53.7 Å². The summed E-state index contributed by atoms with van der Waals surface area (Å²) in [6, 6.07) is 13.4. The maximum Gasteiger partial charge on any atom is 0.133 e. The van der Waals surface area contributed by atoms with Crippen LogP contribution in [-0.4, -0.2) is 17.6 Å². The summed E-state index contributed by atoms with van der Waals surface area (Å²) in [4.78, 5) is 7.02. The highest BCUT2D eigenvalue weighted by Gasteiger charge is 2.27. The van der Waals surface area contributed by atoms with Crippen LogP contribution < -0.4 is 10.2 Å². The topological polar surface area (TPSA) is 28.2 Å². The Labute approximate surface area is 127 Å². The second-order valence-electron chi connectivity index (χ2n) is 5.75. The molecule has 0 bridgehead atoms. The number of hydrogen-bond donors (Lipinski definition) is 1. The van der Waals surface area contributed by atoms with Gasteiger partial charge in [-0.3, -0.25) is 0 Å². The second kappa shape index (κ2) is 6.27. The number of nitrogens with zero attached hydrogens (tertiary/aromatic N) is 2. The van der Waals surface area contributed by atoms with Crippen LogP contribution in [0.25, 0.3) is 0 Å². The van der Waals surface area contributed by atoms with Crippen LogP contribution in [0.3, 0.4) is 0 Å². The highest BCUT2D eigenvalue weighted by molar-refractivity contribution is 5.68. The van der Waals surface area contributed by atoms with Crippen LogP contribution in [0.5, 0.6) is 0 Å². The molecule has 1 aromatic carbocycles. The third-order valence-corrected chi connectivity index (χ3v) is 4.02.